The van der Waals surface area contributed by atoms with E-state index in [0.29, 0.717) is 28.4 Å². The Hall–Kier alpha value is -4.54. The molecule has 0 atom stereocenters. The Morgan fingerprint density at radius 1 is 1.00 bits per heavy atom. The van der Waals surface area contributed by atoms with E-state index in [0.717, 1.165) is 11.3 Å². The van der Waals surface area contributed by atoms with Crippen LogP contribution in [0.1, 0.15) is 5.69 Å². The van der Waals surface area contributed by atoms with Gasteiger partial charge in [0, 0.05) is 44.2 Å². The molecule has 0 amide bonds. The number of pyridine rings is 1. The molecule has 5 rings (SSSR count). The molecule has 4 aromatic heterocycles. The third-order valence-electron chi connectivity index (χ3n) is 5.65. The zero-order valence-electron chi connectivity index (χ0n) is 19.7. The average Bonchev–Trinajstić information content (AvgIpc) is 3.50. The molecule has 0 spiro atoms. The van der Waals surface area contributed by atoms with Crippen LogP contribution in [0.25, 0.3) is 22.4 Å². The lowest BCUT2D eigenvalue weighted by Crippen LogP contribution is -2.21. The molecule has 0 N–H and O–H groups in total. The van der Waals surface area contributed by atoms with Gasteiger partial charge in [-0.1, -0.05) is 0 Å². The minimum absolute atomic E-state index is 0.0637. The van der Waals surface area contributed by atoms with Crippen LogP contribution < -0.4 is 14.4 Å². The van der Waals surface area contributed by atoms with E-state index in [1.165, 1.54) is 20.3 Å². The van der Waals surface area contributed by atoms with Crippen LogP contribution in [0, 0.1) is 5.82 Å². The topological polar surface area (TPSA) is 96.0 Å². The number of methoxy groups -OCH3 is 2. The fourth-order valence-electron chi connectivity index (χ4n) is 3.76. The largest absolute Gasteiger partial charge is 0.497 e. The van der Waals surface area contributed by atoms with Crippen molar-refractivity contribution in [1.82, 2.24) is 34.5 Å². The zero-order valence-corrected chi connectivity index (χ0v) is 19.7. The highest BCUT2D eigenvalue weighted by molar-refractivity contribution is 5.77. The molecule has 0 fully saturated rings. The van der Waals surface area contributed by atoms with Crippen molar-refractivity contribution in [3.63, 3.8) is 0 Å². The third-order valence-corrected chi connectivity index (χ3v) is 5.65. The highest BCUT2D eigenvalue weighted by Gasteiger charge is 2.22. The van der Waals surface area contributed by atoms with Gasteiger partial charge in [0.15, 0.2) is 17.2 Å². The van der Waals surface area contributed by atoms with Crippen molar-refractivity contribution < 1.29 is 13.9 Å². The first kappa shape index (κ1) is 22.3. The maximum Gasteiger partial charge on any atom is 0.188 e. The third kappa shape index (κ3) is 4.23. The van der Waals surface area contributed by atoms with Gasteiger partial charge in [-0.2, -0.15) is 10.2 Å². The summed E-state index contributed by atoms with van der Waals surface area (Å²) in [5.74, 6) is 0.458. The summed E-state index contributed by atoms with van der Waals surface area (Å²) in [6.45, 7) is 0.290. The van der Waals surface area contributed by atoms with Gasteiger partial charge in [0.05, 0.1) is 50.2 Å². The Morgan fingerprint density at radius 2 is 1.86 bits per heavy atom. The second-order valence-corrected chi connectivity index (χ2v) is 7.87. The number of benzene rings is 1. The Morgan fingerprint density at radius 3 is 2.54 bits per heavy atom. The van der Waals surface area contributed by atoms with E-state index in [1.54, 1.807) is 45.0 Å². The van der Waals surface area contributed by atoms with Gasteiger partial charge in [0.25, 0.3) is 0 Å². The quantitative estimate of drug-likeness (QED) is 0.353. The van der Waals surface area contributed by atoms with Crippen LogP contribution in [-0.2, 0) is 20.6 Å². The molecular weight excluding hydrogens is 451 g/mol. The summed E-state index contributed by atoms with van der Waals surface area (Å²) in [6, 6.07) is 8.56. The zero-order chi connectivity index (χ0) is 24.5. The van der Waals surface area contributed by atoms with Gasteiger partial charge >= 0.3 is 0 Å². The Labute approximate surface area is 200 Å². The van der Waals surface area contributed by atoms with Crippen molar-refractivity contribution in [2.24, 2.45) is 14.1 Å². The lowest BCUT2D eigenvalue weighted by atomic mass is 10.2. The van der Waals surface area contributed by atoms with E-state index in [4.69, 9.17) is 14.5 Å². The van der Waals surface area contributed by atoms with Gasteiger partial charge in [-0.05, 0) is 18.2 Å². The van der Waals surface area contributed by atoms with Crippen LogP contribution in [-0.4, -0.2) is 48.7 Å². The number of nitrogens with zero attached hydrogens (tertiary/aromatic N) is 8. The van der Waals surface area contributed by atoms with Crippen LogP contribution in [0.4, 0.5) is 15.9 Å². The molecular formula is C24H23FN8O2. The number of hydrogen-bond acceptors (Lipinski definition) is 8. The number of halogens is 1. The lowest BCUT2D eigenvalue weighted by molar-refractivity contribution is 0.374. The molecule has 0 unspecified atom stereocenters. The molecule has 0 saturated heterocycles. The molecule has 10 nitrogen and oxygen atoms in total. The number of anilines is 2. The monoisotopic (exact) mass is 474 g/mol. The number of hydrogen-bond donors (Lipinski definition) is 0. The first-order valence-corrected chi connectivity index (χ1v) is 10.8. The molecule has 0 aliphatic rings. The summed E-state index contributed by atoms with van der Waals surface area (Å²) in [7, 11) is 6.60. The fraction of sp³-hybridized carbons (Fsp3) is 0.208. The van der Waals surface area contributed by atoms with Crippen LogP contribution in [0.15, 0.2) is 55.1 Å². The molecule has 11 heteroatoms. The molecule has 0 saturated carbocycles. The van der Waals surface area contributed by atoms with Gasteiger partial charge in [0.2, 0.25) is 0 Å². The standard InChI is InChI=1S/C24H23FN8O2/c1-31-13-15(11-28-31)19-12-26-18-5-6-22(30-24(18)29-19)33(14-16-7-8-27-32(16)2)20-9-17(34-3)10-21(35-4)23(20)25/h5-13H,14H2,1-4H3. The highest BCUT2D eigenvalue weighted by atomic mass is 19.1. The van der Waals surface area contributed by atoms with Crippen molar-refractivity contribution in [1.29, 1.82) is 0 Å². The maximum absolute atomic E-state index is 15.5. The summed E-state index contributed by atoms with van der Waals surface area (Å²) in [5.41, 5.74) is 3.60. The highest BCUT2D eigenvalue weighted by Crippen LogP contribution is 2.37. The van der Waals surface area contributed by atoms with E-state index < -0.39 is 5.82 Å². The summed E-state index contributed by atoms with van der Waals surface area (Å²) in [4.78, 5) is 15.7. The van der Waals surface area contributed by atoms with Crippen molar-refractivity contribution in [2.75, 3.05) is 19.1 Å². The number of ether oxygens (including phenoxy) is 2. The van der Waals surface area contributed by atoms with E-state index >= 15 is 4.39 Å². The predicted molar refractivity (Wildman–Crippen MR) is 128 cm³/mol. The van der Waals surface area contributed by atoms with E-state index in [2.05, 4.69) is 20.2 Å². The Kier molecular flexibility index (Phi) is 5.73. The fourth-order valence-corrected chi connectivity index (χ4v) is 3.76. The predicted octanol–water partition coefficient (Wildman–Crippen LogP) is 3.65. The molecule has 5 aromatic rings. The van der Waals surface area contributed by atoms with Gasteiger partial charge in [0.1, 0.15) is 17.1 Å². The molecule has 0 aliphatic heterocycles. The second kappa shape index (κ2) is 9.01. The number of rotatable bonds is 7. The summed E-state index contributed by atoms with van der Waals surface area (Å²) >= 11 is 0. The first-order chi connectivity index (χ1) is 17.0. The van der Waals surface area contributed by atoms with Gasteiger partial charge in [-0.15, -0.1) is 0 Å². The first-order valence-electron chi connectivity index (χ1n) is 10.8. The maximum atomic E-state index is 15.5. The SMILES string of the molecule is COc1cc(OC)c(F)c(N(Cc2ccnn2C)c2ccc3ncc(-c4cnn(C)c4)nc3n2)c1. The minimum atomic E-state index is -0.535. The van der Waals surface area contributed by atoms with E-state index in [1.807, 2.05) is 32.4 Å². The minimum Gasteiger partial charge on any atom is -0.497 e. The molecule has 35 heavy (non-hydrogen) atoms. The summed E-state index contributed by atoms with van der Waals surface area (Å²) < 4.78 is 29.6. The summed E-state index contributed by atoms with van der Waals surface area (Å²) in [5, 5.41) is 8.44. The van der Waals surface area contributed by atoms with Gasteiger partial charge in [-0.25, -0.2) is 14.4 Å². The van der Waals surface area contributed by atoms with Crippen molar-refractivity contribution in [3.05, 3.63) is 66.6 Å². The van der Waals surface area contributed by atoms with Crippen molar-refractivity contribution in [3.8, 4) is 22.8 Å². The van der Waals surface area contributed by atoms with Crippen LogP contribution >= 0.6 is 0 Å². The molecule has 0 radical (unpaired) electrons. The second-order valence-electron chi connectivity index (χ2n) is 7.87. The van der Waals surface area contributed by atoms with Crippen LogP contribution in [0.2, 0.25) is 0 Å². The Balaban J connectivity index is 1.66. The summed E-state index contributed by atoms with van der Waals surface area (Å²) in [6.07, 6.45) is 6.94. The van der Waals surface area contributed by atoms with E-state index in [9.17, 15) is 0 Å². The molecule has 0 bridgehead atoms. The lowest BCUT2D eigenvalue weighted by Gasteiger charge is -2.25. The Bertz CT molecular complexity index is 1510. The van der Waals surface area contributed by atoms with E-state index in [-0.39, 0.29) is 18.0 Å². The molecule has 4 heterocycles. The van der Waals surface area contributed by atoms with Crippen molar-refractivity contribution >= 4 is 22.7 Å². The van der Waals surface area contributed by atoms with Crippen molar-refractivity contribution in [2.45, 2.75) is 6.54 Å². The average molecular weight is 475 g/mol. The number of fused-ring (bicyclic) bond motifs is 1. The molecule has 0 aliphatic carbocycles. The van der Waals surface area contributed by atoms with Gasteiger partial charge < -0.3 is 14.4 Å². The number of aromatic nitrogens is 7. The number of aryl methyl sites for hydroxylation is 2. The van der Waals surface area contributed by atoms with Gasteiger partial charge in [-0.3, -0.25) is 14.3 Å². The van der Waals surface area contributed by atoms with Crippen LogP contribution in [0.5, 0.6) is 11.5 Å². The van der Waals surface area contributed by atoms with Crippen LogP contribution in [0.3, 0.4) is 0 Å². The smallest absolute Gasteiger partial charge is 0.188 e. The molecule has 178 valence electrons. The normalized spacial score (nSPS) is 11.1. The molecule has 1 aromatic carbocycles.